The monoisotopic (exact) mass is 831 g/mol. The van der Waals surface area contributed by atoms with Gasteiger partial charge in [-0.1, -0.05) is 109 Å². The lowest BCUT2D eigenvalue weighted by atomic mass is 9.95. The zero-order valence-electron chi connectivity index (χ0n) is 32.6. The van der Waals surface area contributed by atoms with Crippen LogP contribution in [0.1, 0.15) is 63.8 Å². The van der Waals surface area contributed by atoms with E-state index < -0.39 is 48.8 Å². The molecule has 0 bridgehead atoms. The van der Waals surface area contributed by atoms with Crippen LogP contribution < -0.4 is 5.32 Å². The number of amides is 3. The van der Waals surface area contributed by atoms with E-state index in [2.05, 4.69) is 39.3 Å². The minimum atomic E-state index is -5.84. The standard InChI is InChI=1S/C46H44F2N5O6P/c1-49-40-29-52(28-38(40)31-11-5-2-6-12-31)45(56)41-22-21-37-27-51(42(32-13-7-3-8-14-32)33-15-9-4-10-16-33)24-23-39(44(55)53(37)41)50-43(54)34-18-17-30-19-20-36(26-35(30)25-34)46(47,48)60(57,58)59/h2-20,25-26,37-42H,21-24,27-29H2,(H,50,54)(H2,57,58,59)/t37-,38-,39+,40+,41+/m1/s1. The summed E-state index contributed by atoms with van der Waals surface area (Å²) < 4.78 is 41.0. The molecule has 3 aliphatic rings. The molecule has 0 radical (unpaired) electrons. The molecule has 11 nitrogen and oxygen atoms in total. The van der Waals surface area contributed by atoms with E-state index in [0.717, 1.165) is 28.8 Å². The third kappa shape index (κ3) is 7.96. The predicted octanol–water partition coefficient (Wildman–Crippen LogP) is 6.93. The maximum absolute atomic E-state index is 14.9. The van der Waals surface area contributed by atoms with Gasteiger partial charge in [0.05, 0.1) is 18.5 Å². The van der Waals surface area contributed by atoms with Gasteiger partial charge in [0.15, 0.2) is 0 Å². The molecule has 5 aromatic rings. The van der Waals surface area contributed by atoms with E-state index >= 15 is 0 Å². The Bertz CT molecular complexity index is 2440. The summed E-state index contributed by atoms with van der Waals surface area (Å²) in [5, 5.41) is 3.53. The Balaban J connectivity index is 1.12. The molecule has 0 aromatic heterocycles. The highest BCUT2D eigenvalue weighted by atomic mass is 31.2. The van der Waals surface area contributed by atoms with E-state index in [-0.39, 0.29) is 47.8 Å². The van der Waals surface area contributed by atoms with Crippen LogP contribution >= 0.6 is 7.60 Å². The molecule has 3 heterocycles. The minimum absolute atomic E-state index is 0.0529. The summed E-state index contributed by atoms with van der Waals surface area (Å²) in [7, 11) is -5.84. The molecule has 60 heavy (non-hydrogen) atoms. The molecule has 3 aliphatic heterocycles. The van der Waals surface area contributed by atoms with Crippen molar-refractivity contribution in [1.82, 2.24) is 20.0 Å². The zero-order chi connectivity index (χ0) is 42.2. The number of nitrogens with one attached hydrogen (secondary N) is 1. The Labute approximate surface area is 346 Å². The van der Waals surface area contributed by atoms with Gasteiger partial charge >= 0.3 is 13.3 Å². The normalized spacial score (nSPS) is 22.6. The van der Waals surface area contributed by atoms with Gasteiger partial charge in [0.25, 0.3) is 5.91 Å². The molecule has 3 fully saturated rings. The number of fused-ring (bicyclic) bond motifs is 2. The minimum Gasteiger partial charge on any atom is -0.340 e. The number of likely N-dealkylation sites (tertiary alicyclic amines) is 1. The van der Waals surface area contributed by atoms with Crippen molar-refractivity contribution in [2.75, 3.05) is 26.2 Å². The highest BCUT2D eigenvalue weighted by Crippen LogP contribution is 2.59. The lowest BCUT2D eigenvalue weighted by Gasteiger charge is -2.42. The predicted molar refractivity (Wildman–Crippen MR) is 222 cm³/mol. The summed E-state index contributed by atoms with van der Waals surface area (Å²) in [6.07, 6.45) is 1.15. The Kier molecular flexibility index (Phi) is 11.4. The molecule has 0 saturated carbocycles. The van der Waals surface area contributed by atoms with Crippen LogP contribution in [0.25, 0.3) is 15.6 Å². The topological polar surface area (TPSA) is 135 Å². The van der Waals surface area contributed by atoms with Crippen LogP contribution in [0, 0.1) is 6.57 Å². The van der Waals surface area contributed by atoms with Gasteiger partial charge in [0.2, 0.25) is 17.9 Å². The van der Waals surface area contributed by atoms with E-state index in [1.807, 2.05) is 66.7 Å². The highest BCUT2D eigenvalue weighted by Gasteiger charge is 2.51. The number of halogens is 2. The molecule has 0 unspecified atom stereocenters. The molecule has 8 rings (SSSR count). The maximum Gasteiger partial charge on any atom is 0.399 e. The third-order valence-electron chi connectivity index (χ3n) is 12.2. The number of benzene rings is 5. The second-order valence-electron chi connectivity index (χ2n) is 15.8. The molecule has 0 aliphatic carbocycles. The van der Waals surface area contributed by atoms with E-state index in [4.69, 9.17) is 6.57 Å². The summed E-state index contributed by atoms with van der Waals surface area (Å²) >= 11 is 0. The first-order valence-corrected chi connectivity index (χ1v) is 21.6. The van der Waals surface area contributed by atoms with Crippen LogP contribution in [0.4, 0.5) is 8.78 Å². The Morgan fingerprint density at radius 2 is 1.43 bits per heavy atom. The molecule has 5 aromatic carbocycles. The van der Waals surface area contributed by atoms with Gasteiger partial charge in [-0.25, -0.2) is 6.57 Å². The number of alkyl halides is 2. The molecule has 308 valence electrons. The number of nitrogens with zero attached hydrogens (tertiary/aromatic N) is 4. The van der Waals surface area contributed by atoms with Gasteiger partial charge in [-0.2, -0.15) is 8.78 Å². The van der Waals surface area contributed by atoms with Crippen molar-refractivity contribution in [3.63, 3.8) is 0 Å². The van der Waals surface area contributed by atoms with Crippen molar-refractivity contribution in [2.45, 2.75) is 61.1 Å². The summed E-state index contributed by atoms with van der Waals surface area (Å²) in [5.41, 5.74) is -2.22. The van der Waals surface area contributed by atoms with Crippen molar-refractivity contribution in [3.05, 3.63) is 167 Å². The fourth-order valence-electron chi connectivity index (χ4n) is 9.17. The van der Waals surface area contributed by atoms with Crippen molar-refractivity contribution < 1.29 is 37.5 Å². The van der Waals surface area contributed by atoms with Crippen LogP contribution in [0.2, 0.25) is 0 Å². The van der Waals surface area contributed by atoms with Crippen LogP contribution in [0.15, 0.2) is 127 Å². The number of carbonyl (C=O) groups excluding carboxylic acids is 3. The number of carbonyl (C=O) groups is 3. The third-order valence-corrected chi connectivity index (χ3v) is 13.2. The second-order valence-corrected chi connectivity index (χ2v) is 17.5. The fourth-order valence-corrected chi connectivity index (χ4v) is 9.65. The van der Waals surface area contributed by atoms with Crippen molar-refractivity contribution in [3.8, 4) is 0 Å². The lowest BCUT2D eigenvalue weighted by Crippen LogP contribution is -2.60. The lowest BCUT2D eigenvalue weighted by molar-refractivity contribution is -0.147. The molecule has 0 spiro atoms. The summed E-state index contributed by atoms with van der Waals surface area (Å²) in [4.78, 5) is 71.8. The van der Waals surface area contributed by atoms with Gasteiger partial charge in [0.1, 0.15) is 12.1 Å². The van der Waals surface area contributed by atoms with Crippen molar-refractivity contribution >= 4 is 36.1 Å². The average molecular weight is 832 g/mol. The second kappa shape index (κ2) is 16.7. The first-order valence-electron chi connectivity index (χ1n) is 20.0. The van der Waals surface area contributed by atoms with Crippen LogP contribution in [-0.2, 0) is 19.8 Å². The highest BCUT2D eigenvalue weighted by molar-refractivity contribution is 7.52. The van der Waals surface area contributed by atoms with E-state index in [1.54, 1.807) is 9.80 Å². The first-order chi connectivity index (χ1) is 28.8. The van der Waals surface area contributed by atoms with Crippen LogP contribution in [0.3, 0.4) is 0 Å². The molecule has 14 heteroatoms. The quantitative estimate of drug-likeness (QED) is 0.108. The number of rotatable bonds is 9. The van der Waals surface area contributed by atoms with Crippen LogP contribution in [0.5, 0.6) is 0 Å². The van der Waals surface area contributed by atoms with Gasteiger partial charge in [-0.3, -0.25) is 23.8 Å². The van der Waals surface area contributed by atoms with E-state index in [9.17, 15) is 37.5 Å². The summed E-state index contributed by atoms with van der Waals surface area (Å²) in [6.45, 7) is 9.40. The Morgan fingerprint density at radius 1 is 0.800 bits per heavy atom. The molecule has 3 amide bonds. The first kappa shape index (κ1) is 41.0. The van der Waals surface area contributed by atoms with E-state index in [1.165, 1.54) is 24.3 Å². The molecule has 3 N–H and O–H groups in total. The molecular weight excluding hydrogens is 788 g/mol. The zero-order valence-corrected chi connectivity index (χ0v) is 33.5. The van der Waals surface area contributed by atoms with Gasteiger partial charge in [-0.15, -0.1) is 0 Å². The average Bonchev–Trinajstić information content (AvgIpc) is 3.89. The van der Waals surface area contributed by atoms with Crippen LogP contribution in [-0.4, -0.2) is 92.6 Å². The molecule has 3 saturated heterocycles. The number of hydrogen-bond acceptors (Lipinski definition) is 5. The Hall–Kier alpha value is -5.77. The maximum atomic E-state index is 14.9. The summed E-state index contributed by atoms with van der Waals surface area (Å²) in [6, 6.07) is 34.4. The SMILES string of the molecule is [C-]#[N+][C@H]1CN(C(=O)[C@@H]2CC[C@@H]3CN(C(c4ccccc4)c4ccccc4)CC[C@H](NC(=O)c4ccc5ccc(C(F)(F)P(=O)(O)O)cc5c4)C(=O)N32)C[C@@H]1c1ccccc1. The van der Waals surface area contributed by atoms with Gasteiger partial charge < -0.3 is 29.7 Å². The molecular formula is C46H44F2N5O6P. The molecule has 5 atom stereocenters. The fraction of sp³-hybridized carbons (Fsp3) is 0.304. The van der Waals surface area contributed by atoms with Gasteiger partial charge in [-0.05, 0) is 64.9 Å². The smallest absolute Gasteiger partial charge is 0.340 e. The largest absolute Gasteiger partial charge is 0.399 e. The van der Waals surface area contributed by atoms with Gasteiger partial charge in [0, 0.05) is 36.8 Å². The van der Waals surface area contributed by atoms with Crippen molar-refractivity contribution in [2.24, 2.45) is 0 Å². The summed E-state index contributed by atoms with van der Waals surface area (Å²) in [5.74, 6) is -1.45. The Morgan fingerprint density at radius 3 is 2.07 bits per heavy atom. The van der Waals surface area contributed by atoms with E-state index in [0.29, 0.717) is 37.9 Å². The number of hydrogen-bond donors (Lipinski definition) is 3. The van der Waals surface area contributed by atoms with Crippen molar-refractivity contribution in [1.29, 1.82) is 0 Å².